The van der Waals surface area contributed by atoms with E-state index in [1.54, 1.807) is 0 Å². The number of carbonyl (C=O) groups is 3. The summed E-state index contributed by atoms with van der Waals surface area (Å²) in [5.41, 5.74) is 0. The van der Waals surface area contributed by atoms with Gasteiger partial charge in [-0.2, -0.15) is 17.0 Å². The van der Waals surface area contributed by atoms with Gasteiger partial charge in [0.15, 0.2) is 0 Å². The Morgan fingerprint density at radius 2 is 1.67 bits per heavy atom. The van der Waals surface area contributed by atoms with E-state index in [2.05, 4.69) is 10.1 Å². The van der Waals surface area contributed by atoms with E-state index in [1.165, 1.54) is 11.4 Å². The third kappa shape index (κ3) is 3.39. The quantitative estimate of drug-likeness (QED) is 0.479. The van der Waals surface area contributed by atoms with Crippen molar-refractivity contribution in [2.75, 3.05) is 33.3 Å². The van der Waals surface area contributed by atoms with Gasteiger partial charge in [-0.1, -0.05) is 0 Å². The molecule has 10 heteroatoms. The smallest absolute Gasteiger partial charge is 0.308 e. The second-order valence-electron chi connectivity index (χ2n) is 4.94. The molecule has 118 valence electrons. The van der Waals surface area contributed by atoms with Crippen molar-refractivity contribution in [3.05, 3.63) is 0 Å². The van der Waals surface area contributed by atoms with Gasteiger partial charge in [0.05, 0.1) is 26.1 Å². The fourth-order valence-corrected chi connectivity index (χ4v) is 3.99. The Morgan fingerprint density at radius 1 is 1.14 bits per heavy atom. The number of carbonyl (C=O) groups excluding carboxylic acids is 3. The molecule has 2 fully saturated rings. The van der Waals surface area contributed by atoms with Crippen LogP contribution in [-0.4, -0.2) is 68.1 Å². The number of nitrogens with zero attached hydrogens (tertiary/aromatic N) is 2. The summed E-state index contributed by atoms with van der Waals surface area (Å²) in [6.45, 7) is -0.418. The average molecular weight is 319 g/mol. The molecule has 0 aliphatic carbocycles. The zero-order valence-corrected chi connectivity index (χ0v) is 12.4. The summed E-state index contributed by atoms with van der Waals surface area (Å²) in [5.74, 6) is -1.94. The minimum atomic E-state index is -3.87. The van der Waals surface area contributed by atoms with E-state index in [-0.39, 0.29) is 38.1 Å². The van der Waals surface area contributed by atoms with Gasteiger partial charge in [-0.05, 0) is 12.8 Å². The zero-order chi connectivity index (χ0) is 15.6. The SMILES string of the molecule is COC(=O)C1CCN(S(=O)(=O)N2CC(=O)NC(=O)C2)CC1. The van der Waals surface area contributed by atoms with E-state index >= 15 is 0 Å². The summed E-state index contributed by atoms with van der Waals surface area (Å²) in [7, 11) is -2.58. The first-order chi connectivity index (χ1) is 9.84. The van der Waals surface area contributed by atoms with Crippen LogP contribution >= 0.6 is 0 Å². The van der Waals surface area contributed by atoms with Crippen molar-refractivity contribution in [1.29, 1.82) is 0 Å². The number of amides is 2. The van der Waals surface area contributed by atoms with Gasteiger partial charge >= 0.3 is 5.97 Å². The molecule has 2 rings (SSSR count). The molecule has 0 spiro atoms. The van der Waals surface area contributed by atoms with Gasteiger partial charge in [0, 0.05) is 13.1 Å². The lowest BCUT2D eigenvalue weighted by Gasteiger charge is -2.34. The predicted octanol–water partition coefficient (Wildman–Crippen LogP) is -1.93. The van der Waals surface area contributed by atoms with Crippen molar-refractivity contribution in [3.8, 4) is 0 Å². The summed E-state index contributed by atoms with van der Waals surface area (Å²) in [6, 6.07) is 0. The van der Waals surface area contributed by atoms with Crippen molar-refractivity contribution in [2.24, 2.45) is 5.92 Å². The Balaban J connectivity index is 2.03. The van der Waals surface area contributed by atoms with Gasteiger partial charge in [-0.25, -0.2) is 0 Å². The molecular weight excluding hydrogens is 302 g/mol. The third-order valence-electron chi connectivity index (χ3n) is 3.56. The highest BCUT2D eigenvalue weighted by atomic mass is 32.2. The number of imide groups is 1. The molecule has 0 atom stereocenters. The van der Waals surface area contributed by atoms with Crippen molar-refractivity contribution < 1.29 is 27.5 Å². The molecule has 9 nitrogen and oxygen atoms in total. The number of ether oxygens (including phenoxy) is 1. The molecule has 0 aromatic heterocycles. The molecule has 2 heterocycles. The van der Waals surface area contributed by atoms with E-state index in [1.807, 2.05) is 0 Å². The van der Waals surface area contributed by atoms with Crippen LogP contribution in [0, 0.1) is 5.92 Å². The summed E-state index contributed by atoms with van der Waals surface area (Å²) < 4.78 is 31.4. The Labute approximate surface area is 122 Å². The van der Waals surface area contributed by atoms with Gasteiger partial charge in [-0.15, -0.1) is 0 Å². The number of esters is 1. The lowest BCUT2D eigenvalue weighted by molar-refractivity contribution is -0.146. The Bertz CT molecular complexity index is 536. The molecule has 1 N–H and O–H groups in total. The van der Waals surface area contributed by atoms with Crippen molar-refractivity contribution in [3.63, 3.8) is 0 Å². The summed E-state index contributed by atoms with van der Waals surface area (Å²) >= 11 is 0. The number of hydrogen-bond acceptors (Lipinski definition) is 6. The molecule has 0 radical (unpaired) electrons. The lowest BCUT2D eigenvalue weighted by Crippen LogP contribution is -2.57. The number of methoxy groups -OCH3 is 1. The number of rotatable bonds is 3. The Kier molecular flexibility index (Phi) is 4.59. The number of nitrogens with one attached hydrogen (secondary N) is 1. The highest BCUT2D eigenvalue weighted by Gasteiger charge is 2.38. The summed E-state index contributed by atoms with van der Waals surface area (Å²) in [4.78, 5) is 34.0. The third-order valence-corrected chi connectivity index (χ3v) is 5.49. The molecule has 21 heavy (non-hydrogen) atoms. The van der Waals surface area contributed by atoms with Crippen molar-refractivity contribution in [1.82, 2.24) is 13.9 Å². The predicted molar refractivity (Wildman–Crippen MR) is 70.0 cm³/mol. The minimum Gasteiger partial charge on any atom is -0.469 e. The Hall–Kier alpha value is -1.52. The van der Waals surface area contributed by atoms with Crippen molar-refractivity contribution >= 4 is 28.0 Å². The van der Waals surface area contributed by atoms with E-state index < -0.39 is 22.0 Å². The van der Waals surface area contributed by atoms with Crippen LogP contribution in [0.2, 0.25) is 0 Å². The highest BCUT2D eigenvalue weighted by Crippen LogP contribution is 2.22. The fraction of sp³-hybridized carbons (Fsp3) is 0.727. The van der Waals surface area contributed by atoms with Gasteiger partial charge in [0.1, 0.15) is 0 Å². The second-order valence-corrected chi connectivity index (χ2v) is 6.87. The van der Waals surface area contributed by atoms with Crippen LogP contribution in [0.4, 0.5) is 0 Å². The zero-order valence-electron chi connectivity index (χ0n) is 11.6. The summed E-state index contributed by atoms with van der Waals surface area (Å²) in [5, 5.41) is 2.05. The number of hydrogen-bond donors (Lipinski definition) is 1. The maximum Gasteiger partial charge on any atom is 0.308 e. The van der Waals surface area contributed by atoms with Crippen LogP contribution in [0.25, 0.3) is 0 Å². The molecule has 2 aliphatic heterocycles. The number of piperazine rings is 1. The van der Waals surface area contributed by atoms with Crippen molar-refractivity contribution in [2.45, 2.75) is 12.8 Å². The van der Waals surface area contributed by atoms with Crippen LogP contribution in [-0.2, 0) is 29.3 Å². The maximum atomic E-state index is 12.4. The summed E-state index contributed by atoms with van der Waals surface area (Å²) in [6.07, 6.45) is 0.722. The molecule has 0 aromatic carbocycles. The molecule has 0 aromatic rings. The molecule has 0 unspecified atom stereocenters. The van der Waals surface area contributed by atoms with E-state index in [0.717, 1.165) is 4.31 Å². The lowest BCUT2D eigenvalue weighted by atomic mass is 9.99. The largest absolute Gasteiger partial charge is 0.469 e. The number of piperidine rings is 1. The van der Waals surface area contributed by atoms with Crippen LogP contribution in [0.3, 0.4) is 0 Å². The highest BCUT2D eigenvalue weighted by molar-refractivity contribution is 7.86. The Morgan fingerprint density at radius 3 is 2.14 bits per heavy atom. The fourth-order valence-electron chi connectivity index (χ4n) is 2.43. The molecular formula is C11H17N3O6S. The van der Waals surface area contributed by atoms with E-state index in [4.69, 9.17) is 0 Å². The average Bonchev–Trinajstić information content (AvgIpc) is 2.45. The normalized spacial score (nSPS) is 22.9. The van der Waals surface area contributed by atoms with E-state index in [9.17, 15) is 22.8 Å². The van der Waals surface area contributed by atoms with Gasteiger partial charge in [0.25, 0.3) is 10.2 Å². The first kappa shape index (κ1) is 15.9. The minimum absolute atomic E-state index is 0.161. The van der Waals surface area contributed by atoms with E-state index in [0.29, 0.717) is 12.8 Å². The topological polar surface area (TPSA) is 113 Å². The molecule has 2 amide bonds. The molecule has 2 aliphatic rings. The first-order valence-corrected chi connectivity index (χ1v) is 7.90. The van der Waals surface area contributed by atoms with Crippen LogP contribution in [0.15, 0.2) is 0 Å². The molecule has 0 bridgehead atoms. The van der Waals surface area contributed by atoms with Crippen LogP contribution in [0.5, 0.6) is 0 Å². The standard InChI is InChI=1S/C11H17N3O6S/c1-20-11(17)8-2-4-13(5-3-8)21(18,19)14-6-9(15)12-10(16)7-14/h8H,2-7H2,1H3,(H,12,15,16). The first-order valence-electron chi connectivity index (χ1n) is 6.50. The van der Waals surface area contributed by atoms with Crippen LogP contribution in [0.1, 0.15) is 12.8 Å². The monoisotopic (exact) mass is 319 g/mol. The maximum absolute atomic E-state index is 12.4. The van der Waals surface area contributed by atoms with Gasteiger partial charge < -0.3 is 4.74 Å². The van der Waals surface area contributed by atoms with Crippen LogP contribution < -0.4 is 5.32 Å². The molecule has 0 saturated carbocycles. The van der Waals surface area contributed by atoms with Gasteiger partial charge in [0.2, 0.25) is 11.8 Å². The second kappa shape index (κ2) is 6.08. The van der Waals surface area contributed by atoms with Gasteiger partial charge in [-0.3, -0.25) is 19.7 Å². The molecule has 2 saturated heterocycles.